The molecule has 4 nitrogen and oxygen atoms in total. The minimum Gasteiger partial charge on any atom is -0.369 e. The summed E-state index contributed by atoms with van der Waals surface area (Å²) >= 11 is 0. The number of amides is 1. The van der Waals surface area contributed by atoms with Gasteiger partial charge >= 0.3 is 0 Å². The van der Waals surface area contributed by atoms with Crippen LogP contribution in [0.2, 0.25) is 0 Å². The third kappa shape index (κ3) is 2.80. The van der Waals surface area contributed by atoms with Gasteiger partial charge in [0.05, 0.1) is 17.7 Å². The summed E-state index contributed by atoms with van der Waals surface area (Å²) in [5.41, 5.74) is -0.227. The standard InChI is InChI=1S/C13H24N2O2/c1-9-5-6-14-11(9)12(16)15-7-10(2)17-13(3,4)8-15/h9-11,14H,5-8H2,1-4H3. The summed E-state index contributed by atoms with van der Waals surface area (Å²) < 4.78 is 5.83. The quantitative estimate of drug-likeness (QED) is 0.744. The minimum atomic E-state index is -0.227. The first-order chi connectivity index (χ1) is 7.89. The second kappa shape index (κ2) is 4.58. The zero-order valence-electron chi connectivity index (χ0n) is 11.3. The number of carbonyl (C=O) groups excluding carboxylic acids is 1. The van der Waals surface area contributed by atoms with Crippen molar-refractivity contribution in [2.45, 2.75) is 51.9 Å². The van der Waals surface area contributed by atoms with Gasteiger partial charge in [0.2, 0.25) is 5.91 Å². The molecule has 0 aromatic heterocycles. The maximum Gasteiger partial charge on any atom is 0.240 e. The highest BCUT2D eigenvalue weighted by Gasteiger charge is 2.38. The molecule has 2 saturated heterocycles. The zero-order chi connectivity index (χ0) is 12.6. The summed E-state index contributed by atoms with van der Waals surface area (Å²) in [5, 5.41) is 3.31. The Labute approximate surface area is 104 Å². The summed E-state index contributed by atoms with van der Waals surface area (Å²) in [6.07, 6.45) is 1.22. The lowest BCUT2D eigenvalue weighted by Crippen LogP contribution is -2.57. The van der Waals surface area contributed by atoms with Crippen molar-refractivity contribution < 1.29 is 9.53 Å². The fraction of sp³-hybridized carbons (Fsp3) is 0.923. The molecule has 0 aromatic rings. The normalized spacial score (nSPS) is 37.2. The van der Waals surface area contributed by atoms with E-state index < -0.39 is 0 Å². The number of rotatable bonds is 1. The van der Waals surface area contributed by atoms with Crippen LogP contribution in [0, 0.1) is 5.92 Å². The molecule has 1 amide bonds. The third-order valence-corrected chi connectivity index (χ3v) is 3.68. The largest absolute Gasteiger partial charge is 0.369 e. The van der Waals surface area contributed by atoms with Gasteiger partial charge in [-0.25, -0.2) is 0 Å². The molecule has 1 N–H and O–H groups in total. The molecule has 0 aliphatic carbocycles. The molecule has 17 heavy (non-hydrogen) atoms. The maximum absolute atomic E-state index is 12.5. The number of nitrogens with zero attached hydrogens (tertiary/aromatic N) is 1. The van der Waals surface area contributed by atoms with Crippen molar-refractivity contribution in [2.75, 3.05) is 19.6 Å². The summed E-state index contributed by atoms with van der Waals surface area (Å²) in [6.45, 7) is 10.7. The number of ether oxygens (including phenoxy) is 1. The SMILES string of the molecule is CC1CN(C(=O)C2NCCC2C)CC(C)(C)O1. The molecule has 0 radical (unpaired) electrons. The van der Waals surface area contributed by atoms with Gasteiger partial charge in [-0.3, -0.25) is 4.79 Å². The van der Waals surface area contributed by atoms with Gasteiger partial charge in [-0.2, -0.15) is 0 Å². The molecule has 98 valence electrons. The lowest BCUT2D eigenvalue weighted by molar-refractivity contribution is -0.160. The second-order valence-corrected chi connectivity index (χ2v) is 6.10. The van der Waals surface area contributed by atoms with Crippen molar-refractivity contribution in [1.82, 2.24) is 10.2 Å². The van der Waals surface area contributed by atoms with E-state index in [0.29, 0.717) is 19.0 Å². The fourth-order valence-electron chi connectivity index (χ4n) is 2.98. The van der Waals surface area contributed by atoms with Crippen molar-refractivity contribution in [3.05, 3.63) is 0 Å². The number of hydrogen-bond donors (Lipinski definition) is 1. The molecule has 4 heteroatoms. The Morgan fingerprint density at radius 2 is 2.12 bits per heavy atom. The van der Waals surface area contributed by atoms with Crippen LogP contribution >= 0.6 is 0 Å². The molecular weight excluding hydrogens is 216 g/mol. The van der Waals surface area contributed by atoms with Crippen molar-refractivity contribution in [1.29, 1.82) is 0 Å². The van der Waals surface area contributed by atoms with Crippen LogP contribution in [-0.4, -0.2) is 48.2 Å². The predicted octanol–water partition coefficient (Wildman–Crippen LogP) is 1.01. The maximum atomic E-state index is 12.5. The molecule has 0 spiro atoms. The summed E-state index contributed by atoms with van der Waals surface area (Å²) in [7, 11) is 0. The van der Waals surface area contributed by atoms with E-state index in [-0.39, 0.29) is 23.7 Å². The van der Waals surface area contributed by atoms with Crippen LogP contribution in [0.15, 0.2) is 0 Å². The molecule has 3 unspecified atom stereocenters. The van der Waals surface area contributed by atoms with E-state index in [9.17, 15) is 4.79 Å². The van der Waals surface area contributed by atoms with E-state index in [1.165, 1.54) is 0 Å². The van der Waals surface area contributed by atoms with Crippen molar-refractivity contribution in [2.24, 2.45) is 5.92 Å². The molecule has 2 aliphatic heterocycles. The molecule has 0 bridgehead atoms. The monoisotopic (exact) mass is 240 g/mol. The summed E-state index contributed by atoms with van der Waals surface area (Å²) in [5.74, 6) is 0.696. The van der Waals surface area contributed by atoms with Crippen LogP contribution in [-0.2, 0) is 9.53 Å². The van der Waals surface area contributed by atoms with Crippen LogP contribution in [0.4, 0.5) is 0 Å². The highest BCUT2D eigenvalue weighted by Crippen LogP contribution is 2.24. The number of nitrogens with one attached hydrogen (secondary N) is 1. The van der Waals surface area contributed by atoms with Crippen LogP contribution in [0.25, 0.3) is 0 Å². The predicted molar refractivity (Wildman–Crippen MR) is 66.8 cm³/mol. The molecule has 0 saturated carbocycles. The Bertz CT molecular complexity index is 304. The van der Waals surface area contributed by atoms with E-state index in [2.05, 4.69) is 26.1 Å². The van der Waals surface area contributed by atoms with Gasteiger partial charge in [-0.15, -0.1) is 0 Å². The van der Waals surface area contributed by atoms with Gasteiger partial charge in [-0.05, 0) is 39.7 Å². The van der Waals surface area contributed by atoms with E-state index in [1.807, 2.05) is 11.8 Å². The Balaban J connectivity index is 2.03. The van der Waals surface area contributed by atoms with Crippen LogP contribution < -0.4 is 5.32 Å². The average Bonchev–Trinajstić information content (AvgIpc) is 2.60. The molecule has 2 rings (SSSR count). The minimum absolute atomic E-state index is 0.0103. The number of hydrogen-bond acceptors (Lipinski definition) is 3. The average molecular weight is 240 g/mol. The van der Waals surface area contributed by atoms with Crippen LogP contribution in [0.5, 0.6) is 0 Å². The van der Waals surface area contributed by atoms with Crippen molar-refractivity contribution in [3.63, 3.8) is 0 Å². The summed E-state index contributed by atoms with van der Waals surface area (Å²) in [4.78, 5) is 14.4. The Kier molecular flexibility index (Phi) is 3.46. The van der Waals surface area contributed by atoms with Crippen LogP contribution in [0.3, 0.4) is 0 Å². The highest BCUT2D eigenvalue weighted by molar-refractivity contribution is 5.82. The molecule has 0 aromatic carbocycles. The van der Waals surface area contributed by atoms with E-state index in [0.717, 1.165) is 13.0 Å². The van der Waals surface area contributed by atoms with Crippen molar-refractivity contribution >= 4 is 5.91 Å². The fourth-order valence-corrected chi connectivity index (χ4v) is 2.98. The van der Waals surface area contributed by atoms with Gasteiger partial charge in [0.15, 0.2) is 0 Å². The van der Waals surface area contributed by atoms with Crippen molar-refractivity contribution in [3.8, 4) is 0 Å². The number of morpholine rings is 1. The van der Waals surface area contributed by atoms with E-state index >= 15 is 0 Å². The van der Waals surface area contributed by atoms with E-state index in [4.69, 9.17) is 4.74 Å². The molecule has 3 atom stereocenters. The second-order valence-electron chi connectivity index (χ2n) is 6.10. The first-order valence-electron chi connectivity index (χ1n) is 6.59. The Hall–Kier alpha value is -0.610. The van der Waals surface area contributed by atoms with Gasteiger partial charge in [-0.1, -0.05) is 6.92 Å². The first-order valence-corrected chi connectivity index (χ1v) is 6.59. The highest BCUT2D eigenvalue weighted by atomic mass is 16.5. The smallest absolute Gasteiger partial charge is 0.240 e. The van der Waals surface area contributed by atoms with Gasteiger partial charge in [0, 0.05) is 13.1 Å². The molecular formula is C13H24N2O2. The summed E-state index contributed by atoms with van der Waals surface area (Å²) in [6, 6.07) is 0.0103. The van der Waals surface area contributed by atoms with Gasteiger partial charge < -0.3 is 15.0 Å². The first kappa shape index (κ1) is 12.8. The van der Waals surface area contributed by atoms with Gasteiger partial charge in [0.1, 0.15) is 0 Å². The molecule has 2 aliphatic rings. The lowest BCUT2D eigenvalue weighted by atomic mass is 9.99. The van der Waals surface area contributed by atoms with Crippen LogP contribution in [0.1, 0.15) is 34.1 Å². The van der Waals surface area contributed by atoms with E-state index in [1.54, 1.807) is 0 Å². The lowest BCUT2D eigenvalue weighted by Gasteiger charge is -2.42. The Morgan fingerprint density at radius 3 is 2.65 bits per heavy atom. The number of carbonyl (C=O) groups is 1. The zero-order valence-corrected chi connectivity index (χ0v) is 11.3. The molecule has 2 fully saturated rings. The van der Waals surface area contributed by atoms with Gasteiger partial charge in [0.25, 0.3) is 0 Å². The Morgan fingerprint density at radius 1 is 1.41 bits per heavy atom. The molecule has 2 heterocycles. The third-order valence-electron chi connectivity index (χ3n) is 3.68. The topological polar surface area (TPSA) is 41.6 Å².